The zero-order valence-electron chi connectivity index (χ0n) is 19.1. The number of aliphatic hydroxyl groups is 1. The van der Waals surface area contributed by atoms with E-state index >= 15 is 0 Å². The van der Waals surface area contributed by atoms with Crippen molar-refractivity contribution < 1.29 is 32.7 Å². The maximum Gasteiger partial charge on any atom is 0.255 e. The zero-order chi connectivity index (χ0) is 25.6. The van der Waals surface area contributed by atoms with Crippen molar-refractivity contribution >= 4 is 30.9 Å². The van der Waals surface area contributed by atoms with Crippen molar-refractivity contribution in [3.05, 3.63) is 59.4 Å². The molecule has 1 aliphatic heterocycles. The largest absolute Gasteiger partial charge is 0.391 e. The first kappa shape index (κ1) is 29.8. The molecule has 3 rings (SSSR count). The maximum atomic E-state index is 14.4. The van der Waals surface area contributed by atoms with Gasteiger partial charge in [-0.3, -0.25) is 4.79 Å². The smallest absolute Gasteiger partial charge is 0.255 e. The molecule has 1 fully saturated rings. The first-order valence-corrected chi connectivity index (χ1v) is 10.4. The van der Waals surface area contributed by atoms with E-state index in [0.717, 1.165) is 25.0 Å². The maximum absolute atomic E-state index is 14.4. The predicted molar refractivity (Wildman–Crippen MR) is 123 cm³/mol. The number of hydrogen-bond acceptors (Lipinski definition) is 5. The Labute approximate surface area is 192 Å². The molecule has 2 N–H and O–H groups in total. The number of hydrogen-bond donors (Lipinski definition) is 2. The summed E-state index contributed by atoms with van der Waals surface area (Å²) in [4.78, 5) is 30.2. The van der Waals surface area contributed by atoms with Gasteiger partial charge in [0, 0.05) is 30.4 Å². The summed E-state index contributed by atoms with van der Waals surface area (Å²) in [5, 5.41) is 12.7. The Hall–Kier alpha value is -3.20. The van der Waals surface area contributed by atoms with Crippen molar-refractivity contribution in [2.75, 3.05) is 23.3 Å². The van der Waals surface area contributed by atoms with Crippen molar-refractivity contribution in [2.24, 2.45) is 5.92 Å². The number of anilines is 2. The van der Waals surface area contributed by atoms with E-state index in [1.54, 1.807) is 4.90 Å². The van der Waals surface area contributed by atoms with Gasteiger partial charge in [0.25, 0.3) is 5.91 Å². The molecule has 0 aromatic heterocycles. The molecule has 6 nitrogen and oxygen atoms in total. The Kier molecular flexibility index (Phi) is 14.1. The lowest BCUT2D eigenvalue weighted by molar-refractivity contribution is -0.0987. The fourth-order valence-corrected chi connectivity index (χ4v) is 3.19. The Morgan fingerprint density at radius 1 is 1.00 bits per heavy atom. The minimum atomic E-state index is -1.07. The van der Waals surface area contributed by atoms with Gasteiger partial charge in [0.2, 0.25) is 0 Å². The highest BCUT2D eigenvalue weighted by atomic mass is 19.2. The summed E-state index contributed by atoms with van der Waals surface area (Å²) in [6, 6.07) is 6.96. The number of amides is 1. The molecule has 1 aliphatic rings. The van der Waals surface area contributed by atoms with Crippen LogP contribution in [-0.4, -0.2) is 43.8 Å². The number of aliphatic hydroxyl groups excluding tert-OH is 1. The third-order valence-electron chi connectivity index (χ3n) is 4.88. The second kappa shape index (κ2) is 15.6. The lowest BCUT2D eigenvalue weighted by Gasteiger charge is -2.26. The molecule has 182 valence electrons. The van der Waals surface area contributed by atoms with Crippen LogP contribution < -0.4 is 10.2 Å². The molecule has 1 unspecified atom stereocenters. The van der Waals surface area contributed by atoms with Gasteiger partial charge < -0.3 is 24.9 Å². The number of halogens is 3. The van der Waals surface area contributed by atoms with E-state index in [4.69, 9.17) is 9.59 Å². The second-order valence-corrected chi connectivity index (χ2v) is 6.88. The number of benzene rings is 2. The Balaban J connectivity index is 0.00000158. The van der Waals surface area contributed by atoms with Crippen LogP contribution in [0.5, 0.6) is 0 Å². The van der Waals surface area contributed by atoms with Crippen molar-refractivity contribution in [3.8, 4) is 0 Å². The molecule has 2 aromatic carbocycles. The number of carbonyl (C=O) groups is 3. The molecular formula is C24H31F3N2O4. The summed E-state index contributed by atoms with van der Waals surface area (Å²) in [7, 11) is 0. The molecule has 1 saturated heterocycles. The number of nitrogens with zero attached hydrogens (tertiary/aromatic N) is 1. The van der Waals surface area contributed by atoms with Gasteiger partial charge in [0.15, 0.2) is 11.6 Å². The molecule has 1 heterocycles. The van der Waals surface area contributed by atoms with Crippen LogP contribution in [0.3, 0.4) is 0 Å². The van der Waals surface area contributed by atoms with Gasteiger partial charge in [-0.05, 0) is 49.1 Å². The van der Waals surface area contributed by atoms with Crippen LogP contribution in [0.1, 0.15) is 44.0 Å². The molecule has 0 aliphatic carbocycles. The van der Waals surface area contributed by atoms with E-state index in [-0.39, 0.29) is 29.4 Å². The molecule has 9 heteroatoms. The number of rotatable bonds is 3. The summed E-state index contributed by atoms with van der Waals surface area (Å²) in [6.07, 6.45) is 1.07. The predicted octanol–water partition coefficient (Wildman–Crippen LogP) is 4.61. The Morgan fingerprint density at radius 3 is 2.21 bits per heavy atom. The normalized spacial score (nSPS) is 17.0. The van der Waals surface area contributed by atoms with E-state index < -0.39 is 29.5 Å². The Bertz CT molecular complexity index is 881. The third kappa shape index (κ3) is 8.69. The lowest BCUT2D eigenvalue weighted by Crippen LogP contribution is -2.34. The number of β-amino-alcohol motifs (C(OH)–C–C–N with tert-alkyl or cyclic N) is 1. The number of nitrogens with one attached hydrogen (secondary N) is 1. The highest BCUT2D eigenvalue weighted by Gasteiger charge is 2.24. The van der Waals surface area contributed by atoms with Crippen molar-refractivity contribution in [1.82, 2.24) is 0 Å². The van der Waals surface area contributed by atoms with Crippen molar-refractivity contribution in [3.63, 3.8) is 0 Å². The molecule has 0 spiro atoms. The van der Waals surface area contributed by atoms with Gasteiger partial charge >= 0.3 is 0 Å². The van der Waals surface area contributed by atoms with Gasteiger partial charge in [-0.1, -0.05) is 20.8 Å². The topological polar surface area (TPSA) is 86.7 Å². The van der Waals surface area contributed by atoms with Gasteiger partial charge in [-0.2, -0.15) is 0 Å². The van der Waals surface area contributed by atoms with Crippen LogP contribution in [0.15, 0.2) is 36.4 Å². The standard InChI is InChI=1S/C20H21F3N2O2.C2H6.2CH2O/c1-12-3-2-8-25(11-19(12)26)18-9-13(4-6-16(18)22)20(27)24-14-5-7-15(21)17(23)10-14;3*1-2/h4-7,9-10,12,19,26H,2-3,8,11H2,1H3,(H,24,27);1-2H3;2*1H2/t12?,19-;;;/m0.../s1. The fourth-order valence-electron chi connectivity index (χ4n) is 3.19. The number of carbonyl (C=O) groups excluding carboxylic acids is 3. The van der Waals surface area contributed by atoms with E-state index in [0.29, 0.717) is 6.54 Å². The molecule has 0 saturated carbocycles. The quantitative estimate of drug-likeness (QED) is 0.687. The molecule has 0 radical (unpaired) electrons. The van der Waals surface area contributed by atoms with E-state index in [1.807, 2.05) is 34.3 Å². The van der Waals surface area contributed by atoms with Crippen molar-refractivity contribution in [1.29, 1.82) is 0 Å². The fraction of sp³-hybridized carbons (Fsp3) is 0.375. The first-order valence-electron chi connectivity index (χ1n) is 10.4. The summed E-state index contributed by atoms with van der Waals surface area (Å²) in [5.41, 5.74) is 0.521. The zero-order valence-corrected chi connectivity index (χ0v) is 19.1. The van der Waals surface area contributed by atoms with Crippen LogP contribution in [0, 0.1) is 23.4 Å². The molecular weight excluding hydrogens is 437 g/mol. The summed E-state index contributed by atoms with van der Waals surface area (Å²) < 4.78 is 40.6. The van der Waals surface area contributed by atoms with Gasteiger partial charge in [0.05, 0.1) is 11.8 Å². The summed E-state index contributed by atoms with van der Waals surface area (Å²) >= 11 is 0. The van der Waals surface area contributed by atoms with Gasteiger partial charge in [0.1, 0.15) is 19.4 Å². The van der Waals surface area contributed by atoms with Crippen LogP contribution in [-0.2, 0) is 9.59 Å². The first-order chi connectivity index (χ1) is 15.8. The SMILES string of the molecule is C=O.C=O.CC.CC1CCCN(c2cc(C(=O)Nc3ccc(F)c(F)c3)ccc2F)C[C@@H]1O. The molecule has 2 aromatic rings. The molecule has 33 heavy (non-hydrogen) atoms. The molecule has 2 atom stereocenters. The third-order valence-corrected chi connectivity index (χ3v) is 4.88. The van der Waals surface area contributed by atoms with E-state index in [1.165, 1.54) is 24.3 Å². The summed E-state index contributed by atoms with van der Waals surface area (Å²) in [6.45, 7) is 10.8. The minimum Gasteiger partial charge on any atom is -0.391 e. The second-order valence-electron chi connectivity index (χ2n) is 6.88. The van der Waals surface area contributed by atoms with Gasteiger partial charge in [-0.15, -0.1) is 0 Å². The average Bonchev–Trinajstić information content (AvgIpc) is 3.01. The molecule has 0 bridgehead atoms. The van der Waals surface area contributed by atoms with Crippen LogP contribution in [0.25, 0.3) is 0 Å². The van der Waals surface area contributed by atoms with Gasteiger partial charge in [-0.25, -0.2) is 13.2 Å². The van der Waals surface area contributed by atoms with E-state index in [9.17, 15) is 23.1 Å². The van der Waals surface area contributed by atoms with Crippen molar-refractivity contribution in [2.45, 2.75) is 39.7 Å². The Morgan fingerprint density at radius 2 is 1.61 bits per heavy atom. The van der Waals surface area contributed by atoms with E-state index in [2.05, 4.69) is 5.32 Å². The summed E-state index contributed by atoms with van der Waals surface area (Å²) in [5.74, 6) is -3.00. The highest BCUT2D eigenvalue weighted by molar-refractivity contribution is 6.04. The van der Waals surface area contributed by atoms with Crippen LogP contribution in [0.4, 0.5) is 24.5 Å². The average molecular weight is 469 g/mol. The van der Waals surface area contributed by atoms with Crippen LogP contribution >= 0.6 is 0 Å². The minimum absolute atomic E-state index is 0.101. The monoisotopic (exact) mass is 468 g/mol. The van der Waals surface area contributed by atoms with Crippen LogP contribution in [0.2, 0.25) is 0 Å². The molecule has 1 amide bonds. The lowest BCUT2D eigenvalue weighted by atomic mass is 10.0. The highest BCUT2D eigenvalue weighted by Crippen LogP contribution is 2.26.